The van der Waals surface area contributed by atoms with Gasteiger partial charge in [-0.2, -0.15) is 0 Å². The molecule has 13 heavy (non-hydrogen) atoms. The average molecular weight is 178 g/mol. The van der Waals surface area contributed by atoms with E-state index in [4.69, 9.17) is 10.6 Å². The zero-order valence-corrected chi connectivity index (χ0v) is 7.49. The number of hydrogen-bond donors (Lipinski definition) is 2. The summed E-state index contributed by atoms with van der Waals surface area (Å²) in [5.74, 6) is 6.17. The lowest BCUT2D eigenvalue weighted by atomic mass is 10.2. The first-order valence-corrected chi connectivity index (χ1v) is 4.57. The van der Waals surface area contributed by atoms with Crippen LogP contribution in [0.25, 0.3) is 0 Å². The van der Waals surface area contributed by atoms with Crippen LogP contribution in [0.2, 0.25) is 0 Å². The summed E-state index contributed by atoms with van der Waals surface area (Å²) in [5, 5.41) is 0. The van der Waals surface area contributed by atoms with Gasteiger partial charge in [-0.1, -0.05) is 12.1 Å². The van der Waals surface area contributed by atoms with Crippen molar-refractivity contribution in [3.05, 3.63) is 29.8 Å². The maximum absolute atomic E-state index is 5.61. The van der Waals surface area contributed by atoms with Crippen molar-refractivity contribution >= 4 is 0 Å². The van der Waals surface area contributed by atoms with Crippen LogP contribution in [-0.2, 0) is 6.54 Å². The molecule has 2 rings (SSSR count). The standard InChI is InChI=1S/C10H14N2O/c11-12-7-8-1-3-9(4-2-8)13-10-5-6-10/h1-4,10,12H,5-7,11H2. The molecule has 1 aliphatic rings. The molecular formula is C10H14N2O. The van der Waals surface area contributed by atoms with Gasteiger partial charge >= 0.3 is 0 Å². The summed E-state index contributed by atoms with van der Waals surface area (Å²) in [5.41, 5.74) is 3.79. The van der Waals surface area contributed by atoms with Crippen LogP contribution in [0.5, 0.6) is 5.75 Å². The van der Waals surface area contributed by atoms with Gasteiger partial charge in [0.15, 0.2) is 0 Å². The third kappa shape index (κ3) is 2.44. The van der Waals surface area contributed by atoms with E-state index in [0.717, 1.165) is 5.75 Å². The highest BCUT2D eigenvalue weighted by Crippen LogP contribution is 2.26. The minimum atomic E-state index is 0.471. The summed E-state index contributed by atoms with van der Waals surface area (Å²) in [6, 6.07) is 8.03. The molecule has 70 valence electrons. The molecular weight excluding hydrogens is 164 g/mol. The molecule has 1 aromatic rings. The second-order valence-corrected chi connectivity index (χ2v) is 3.34. The van der Waals surface area contributed by atoms with Crippen molar-refractivity contribution < 1.29 is 4.74 Å². The molecule has 3 heteroatoms. The number of benzene rings is 1. The molecule has 0 aromatic heterocycles. The van der Waals surface area contributed by atoms with Crippen LogP contribution in [0.1, 0.15) is 18.4 Å². The van der Waals surface area contributed by atoms with Gasteiger partial charge in [0, 0.05) is 6.54 Å². The molecule has 1 fully saturated rings. The predicted molar refractivity (Wildman–Crippen MR) is 51.1 cm³/mol. The Labute approximate surface area is 77.9 Å². The Morgan fingerprint density at radius 3 is 2.54 bits per heavy atom. The van der Waals surface area contributed by atoms with Gasteiger partial charge in [-0.25, -0.2) is 0 Å². The monoisotopic (exact) mass is 178 g/mol. The van der Waals surface area contributed by atoms with Crippen LogP contribution in [0.15, 0.2) is 24.3 Å². The van der Waals surface area contributed by atoms with Crippen molar-refractivity contribution in [1.29, 1.82) is 0 Å². The third-order valence-corrected chi connectivity index (χ3v) is 2.06. The zero-order valence-electron chi connectivity index (χ0n) is 7.49. The Morgan fingerprint density at radius 1 is 1.31 bits per heavy atom. The summed E-state index contributed by atoms with van der Waals surface area (Å²) in [7, 11) is 0. The van der Waals surface area contributed by atoms with Crippen LogP contribution < -0.4 is 16.0 Å². The number of ether oxygens (including phenoxy) is 1. The minimum absolute atomic E-state index is 0.471. The van der Waals surface area contributed by atoms with Gasteiger partial charge < -0.3 is 4.74 Å². The van der Waals surface area contributed by atoms with Crippen LogP contribution in [0, 0.1) is 0 Å². The molecule has 0 aliphatic heterocycles. The van der Waals surface area contributed by atoms with Gasteiger partial charge in [-0.15, -0.1) is 0 Å². The Bertz CT molecular complexity index is 267. The number of rotatable bonds is 4. The van der Waals surface area contributed by atoms with Gasteiger partial charge in [0.1, 0.15) is 5.75 Å². The largest absolute Gasteiger partial charge is 0.490 e. The highest BCUT2D eigenvalue weighted by molar-refractivity contribution is 5.27. The van der Waals surface area contributed by atoms with Crippen molar-refractivity contribution in [3.8, 4) is 5.75 Å². The van der Waals surface area contributed by atoms with Crippen LogP contribution >= 0.6 is 0 Å². The first kappa shape index (κ1) is 8.53. The van der Waals surface area contributed by atoms with E-state index in [1.54, 1.807) is 0 Å². The molecule has 0 unspecified atom stereocenters. The van der Waals surface area contributed by atoms with Crippen molar-refractivity contribution in [2.24, 2.45) is 5.84 Å². The quantitative estimate of drug-likeness (QED) is 0.538. The van der Waals surface area contributed by atoms with Gasteiger partial charge in [-0.05, 0) is 30.5 Å². The maximum atomic E-state index is 5.61. The summed E-state index contributed by atoms with van der Waals surface area (Å²) in [6.07, 6.45) is 2.87. The lowest BCUT2D eigenvalue weighted by Crippen LogP contribution is -2.20. The van der Waals surface area contributed by atoms with E-state index >= 15 is 0 Å². The molecule has 0 atom stereocenters. The van der Waals surface area contributed by atoms with Gasteiger partial charge in [0.2, 0.25) is 0 Å². The molecule has 0 radical (unpaired) electrons. The molecule has 0 heterocycles. The molecule has 0 bridgehead atoms. The summed E-state index contributed by atoms with van der Waals surface area (Å²) < 4.78 is 5.61. The SMILES string of the molecule is NNCc1ccc(OC2CC2)cc1. The number of hydrogen-bond acceptors (Lipinski definition) is 3. The lowest BCUT2D eigenvalue weighted by Gasteiger charge is -2.05. The van der Waals surface area contributed by atoms with Crippen LogP contribution in [0.3, 0.4) is 0 Å². The first-order chi connectivity index (χ1) is 6.38. The van der Waals surface area contributed by atoms with E-state index in [1.807, 2.05) is 24.3 Å². The number of hydrazine groups is 1. The van der Waals surface area contributed by atoms with Crippen molar-refractivity contribution in [3.63, 3.8) is 0 Å². The molecule has 0 amide bonds. The minimum Gasteiger partial charge on any atom is -0.490 e. The average Bonchev–Trinajstić information content (AvgIpc) is 2.93. The van der Waals surface area contributed by atoms with Crippen molar-refractivity contribution in [1.82, 2.24) is 5.43 Å². The topological polar surface area (TPSA) is 47.3 Å². The molecule has 1 aliphatic carbocycles. The Morgan fingerprint density at radius 2 is 2.00 bits per heavy atom. The first-order valence-electron chi connectivity index (χ1n) is 4.57. The molecule has 1 saturated carbocycles. The van der Waals surface area contributed by atoms with E-state index in [0.29, 0.717) is 12.6 Å². The highest BCUT2D eigenvalue weighted by Gasteiger charge is 2.23. The van der Waals surface area contributed by atoms with E-state index in [2.05, 4.69) is 5.43 Å². The summed E-state index contributed by atoms with van der Waals surface area (Å²) in [4.78, 5) is 0. The number of nitrogens with two attached hydrogens (primary N) is 1. The van der Waals surface area contributed by atoms with Gasteiger partial charge in [0.25, 0.3) is 0 Å². The number of nitrogens with one attached hydrogen (secondary N) is 1. The van der Waals surface area contributed by atoms with E-state index < -0.39 is 0 Å². The maximum Gasteiger partial charge on any atom is 0.119 e. The van der Waals surface area contributed by atoms with E-state index in [1.165, 1.54) is 18.4 Å². The van der Waals surface area contributed by atoms with E-state index in [-0.39, 0.29) is 0 Å². The Hall–Kier alpha value is -1.06. The third-order valence-electron chi connectivity index (χ3n) is 2.06. The Balaban J connectivity index is 1.95. The van der Waals surface area contributed by atoms with Crippen LogP contribution in [-0.4, -0.2) is 6.10 Å². The second kappa shape index (κ2) is 3.77. The fourth-order valence-corrected chi connectivity index (χ4v) is 1.18. The molecule has 3 N–H and O–H groups in total. The van der Waals surface area contributed by atoms with Gasteiger partial charge in [0.05, 0.1) is 6.10 Å². The van der Waals surface area contributed by atoms with Crippen molar-refractivity contribution in [2.45, 2.75) is 25.5 Å². The lowest BCUT2D eigenvalue weighted by molar-refractivity contribution is 0.303. The molecule has 0 spiro atoms. The fraction of sp³-hybridized carbons (Fsp3) is 0.400. The summed E-state index contributed by atoms with van der Waals surface area (Å²) in [6.45, 7) is 0.698. The van der Waals surface area contributed by atoms with E-state index in [9.17, 15) is 0 Å². The van der Waals surface area contributed by atoms with Gasteiger partial charge in [-0.3, -0.25) is 11.3 Å². The molecule has 3 nitrogen and oxygen atoms in total. The zero-order chi connectivity index (χ0) is 9.10. The Kier molecular flexibility index (Phi) is 2.47. The van der Waals surface area contributed by atoms with Crippen LogP contribution in [0.4, 0.5) is 0 Å². The van der Waals surface area contributed by atoms with Crippen molar-refractivity contribution in [2.75, 3.05) is 0 Å². The molecule has 0 saturated heterocycles. The normalized spacial score (nSPS) is 15.8. The molecule has 1 aromatic carbocycles. The highest BCUT2D eigenvalue weighted by atomic mass is 16.5. The summed E-state index contributed by atoms with van der Waals surface area (Å²) >= 11 is 0. The fourth-order valence-electron chi connectivity index (χ4n) is 1.18. The smallest absolute Gasteiger partial charge is 0.119 e. The second-order valence-electron chi connectivity index (χ2n) is 3.34. The predicted octanol–water partition coefficient (Wildman–Crippen LogP) is 1.19.